The van der Waals surface area contributed by atoms with Crippen molar-refractivity contribution in [2.75, 3.05) is 20.3 Å². The molecule has 0 atom stereocenters. The van der Waals surface area contributed by atoms with Gasteiger partial charge in [-0.3, -0.25) is 0 Å². The van der Waals surface area contributed by atoms with Gasteiger partial charge in [0.25, 0.3) is 0 Å². The van der Waals surface area contributed by atoms with Crippen LogP contribution in [0.2, 0.25) is 0 Å². The maximum Gasteiger partial charge on any atom is 0.123 e. The fraction of sp³-hybridized carbons (Fsp3) is 0.571. The molecule has 0 aromatic heterocycles. The predicted octanol–water partition coefficient (Wildman–Crippen LogP) is 3.87. The predicted molar refractivity (Wildman–Crippen MR) is 73.0 cm³/mol. The first-order valence-electron chi connectivity index (χ1n) is 6.15. The normalized spacial score (nSPS) is 14.9. The average molecular weight is 299 g/mol. The average Bonchev–Trinajstić information content (AvgIpc) is 3.18. The number of methoxy groups -OCH3 is 1. The molecule has 0 heterocycles. The van der Waals surface area contributed by atoms with E-state index in [0.717, 1.165) is 36.6 Å². The van der Waals surface area contributed by atoms with Gasteiger partial charge in [-0.15, -0.1) is 0 Å². The molecule has 2 nitrogen and oxygen atoms in total. The second-order valence-electron chi connectivity index (χ2n) is 4.47. The van der Waals surface area contributed by atoms with Crippen LogP contribution in [0.3, 0.4) is 0 Å². The number of halogens is 1. The van der Waals surface area contributed by atoms with E-state index < -0.39 is 0 Å². The molecular weight excluding hydrogens is 280 g/mol. The van der Waals surface area contributed by atoms with E-state index in [1.54, 1.807) is 7.11 Å². The van der Waals surface area contributed by atoms with Gasteiger partial charge in [-0.1, -0.05) is 28.1 Å². The molecule has 0 aliphatic heterocycles. The monoisotopic (exact) mass is 298 g/mol. The van der Waals surface area contributed by atoms with Gasteiger partial charge < -0.3 is 9.47 Å². The number of hydrogen-bond donors (Lipinski definition) is 0. The smallest absolute Gasteiger partial charge is 0.123 e. The molecule has 94 valence electrons. The molecular formula is C14H19BrO2. The van der Waals surface area contributed by atoms with Crippen LogP contribution in [0.25, 0.3) is 0 Å². The van der Waals surface area contributed by atoms with E-state index in [0.29, 0.717) is 0 Å². The summed E-state index contributed by atoms with van der Waals surface area (Å²) in [6, 6.07) is 6.57. The Morgan fingerprint density at radius 1 is 1.29 bits per heavy atom. The van der Waals surface area contributed by atoms with Gasteiger partial charge in [-0.25, -0.2) is 0 Å². The Hall–Kier alpha value is -0.540. The van der Waals surface area contributed by atoms with Gasteiger partial charge in [-0.2, -0.15) is 0 Å². The van der Waals surface area contributed by atoms with Crippen molar-refractivity contribution in [3.63, 3.8) is 0 Å². The summed E-state index contributed by atoms with van der Waals surface area (Å²) in [5.74, 6) is 1.80. The SMILES string of the molecule is COCCCOc1cc(CBr)ccc1C1CC1. The molecule has 0 radical (unpaired) electrons. The number of ether oxygens (including phenoxy) is 2. The summed E-state index contributed by atoms with van der Waals surface area (Å²) >= 11 is 3.49. The van der Waals surface area contributed by atoms with E-state index in [-0.39, 0.29) is 0 Å². The highest BCUT2D eigenvalue weighted by Gasteiger charge is 2.26. The second-order valence-corrected chi connectivity index (χ2v) is 5.04. The number of alkyl halides is 1. The summed E-state index contributed by atoms with van der Waals surface area (Å²) in [5.41, 5.74) is 2.66. The van der Waals surface area contributed by atoms with Crippen molar-refractivity contribution in [2.45, 2.75) is 30.5 Å². The molecule has 0 N–H and O–H groups in total. The van der Waals surface area contributed by atoms with Crippen LogP contribution in [0.1, 0.15) is 36.3 Å². The summed E-state index contributed by atoms with van der Waals surface area (Å²) < 4.78 is 10.9. The molecule has 1 aromatic rings. The van der Waals surface area contributed by atoms with Crippen LogP contribution in [0.4, 0.5) is 0 Å². The lowest BCUT2D eigenvalue weighted by molar-refractivity contribution is 0.172. The fourth-order valence-electron chi connectivity index (χ4n) is 1.90. The third-order valence-electron chi connectivity index (χ3n) is 3.00. The first-order chi connectivity index (χ1) is 8.35. The highest BCUT2D eigenvalue weighted by molar-refractivity contribution is 9.08. The van der Waals surface area contributed by atoms with E-state index in [4.69, 9.17) is 9.47 Å². The van der Waals surface area contributed by atoms with E-state index in [1.165, 1.54) is 24.0 Å². The Balaban J connectivity index is 2.00. The van der Waals surface area contributed by atoms with Crippen LogP contribution in [-0.4, -0.2) is 20.3 Å². The van der Waals surface area contributed by atoms with Crippen molar-refractivity contribution < 1.29 is 9.47 Å². The van der Waals surface area contributed by atoms with Crippen LogP contribution in [-0.2, 0) is 10.1 Å². The molecule has 0 saturated heterocycles. The Morgan fingerprint density at radius 2 is 2.12 bits per heavy atom. The molecule has 17 heavy (non-hydrogen) atoms. The largest absolute Gasteiger partial charge is 0.493 e. The number of rotatable bonds is 7. The Labute approximate surface area is 111 Å². The molecule has 2 rings (SSSR count). The Morgan fingerprint density at radius 3 is 2.76 bits per heavy atom. The lowest BCUT2D eigenvalue weighted by Gasteiger charge is -2.12. The lowest BCUT2D eigenvalue weighted by Crippen LogP contribution is -2.03. The lowest BCUT2D eigenvalue weighted by atomic mass is 10.1. The van der Waals surface area contributed by atoms with Crippen molar-refractivity contribution in [2.24, 2.45) is 0 Å². The van der Waals surface area contributed by atoms with Crippen LogP contribution < -0.4 is 4.74 Å². The Bertz CT molecular complexity index is 361. The molecule has 3 heteroatoms. The third kappa shape index (κ3) is 3.71. The highest BCUT2D eigenvalue weighted by Crippen LogP contribution is 2.44. The summed E-state index contributed by atoms with van der Waals surface area (Å²) in [5, 5.41) is 0.881. The molecule has 1 aliphatic carbocycles. The second kappa shape index (κ2) is 6.41. The van der Waals surface area contributed by atoms with Gasteiger partial charge in [0.2, 0.25) is 0 Å². The molecule has 1 aliphatic rings. The topological polar surface area (TPSA) is 18.5 Å². The third-order valence-corrected chi connectivity index (χ3v) is 3.65. The maximum absolute atomic E-state index is 5.88. The maximum atomic E-state index is 5.88. The minimum atomic E-state index is 0.733. The van der Waals surface area contributed by atoms with E-state index in [1.807, 2.05) is 0 Å². The first-order valence-corrected chi connectivity index (χ1v) is 7.28. The van der Waals surface area contributed by atoms with Crippen molar-refractivity contribution in [3.8, 4) is 5.75 Å². The van der Waals surface area contributed by atoms with Crippen LogP contribution in [0.5, 0.6) is 5.75 Å². The zero-order valence-electron chi connectivity index (χ0n) is 10.2. The van der Waals surface area contributed by atoms with Crippen molar-refractivity contribution in [3.05, 3.63) is 29.3 Å². The quantitative estimate of drug-likeness (QED) is 0.562. The van der Waals surface area contributed by atoms with Crippen LogP contribution in [0.15, 0.2) is 18.2 Å². The number of hydrogen-bond acceptors (Lipinski definition) is 2. The summed E-state index contributed by atoms with van der Waals surface area (Å²) in [7, 11) is 1.72. The molecule has 0 spiro atoms. The molecule has 1 fully saturated rings. The zero-order chi connectivity index (χ0) is 12.1. The molecule has 0 bridgehead atoms. The zero-order valence-corrected chi connectivity index (χ0v) is 11.8. The van der Waals surface area contributed by atoms with Gasteiger partial charge in [-0.05, 0) is 36.0 Å². The Kier molecular flexibility index (Phi) is 4.86. The van der Waals surface area contributed by atoms with Gasteiger partial charge >= 0.3 is 0 Å². The van der Waals surface area contributed by atoms with Gasteiger partial charge in [0.1, 0.15) is 5.75 Å². The summed E-state index contributed by atoms with van der Waals surface area (Å²) in [6.07, 6.45) is 3.56. The minimum Gasteiger partial charge on any atom is -0.493 e. The molecule has 0 amide bonds. The minimum absolute atomic E-state index is 0.733. The summed E-state index contributed by atoms with van der Waals surface area (Å²) in [4.78, 5) is 0. The highest BCUT2D eigenvalue weighted by atomic mass is 79.9. The van der Waals surface area contributed by atoms with Crippen LogP contribution >= 0.6 is 15.9 Å². The molecule has 0 unspecified atom stereocenters. The van der Waals surface area contributed by atoms with E-state index in [9.17, 15) is 0 Å². The van der Waals surface area contributed by atoms with Gasteiger partial charge in [0.15, 0.2) is 0 Å². The fourth-order valence-corrected chi connectivity index (χ4v) is 2.25. The van der Waals surface area contributed by atoms with Crippen molar-refractivity contribution >= 4 is 15.9 Å². The standard InChI is InChI=1S/C14H19BrO2/c1-16-7-2-8-17-14-9-11(10-15)3-6-13(14)12-4-5-12/h3,6,9,12H,2,4-5,7-8,10H2,1H3. The number of benzene rings is 1. The van der Waals surface area contributed by atoms with E-state index >= 15 is 0 Å². The van der Waals surface area contributed by atoms with Gasteiger partial charge in [0.05, 0.1) is 6.61 Å². The van der Waals surface area contributed by atoms with Crippen LogP contribution in [0, 0.1) is 0 Å². The molecule has 1 aromatic carbocycles. The van der Waals surface area contributed by atoms with Gasteiger partial charge in [0, 0.05) is 25.5 Å². The first kappa shape index (κ1) is 12.9. The van der Waals surface area contributed by atoms with Crippen molar-refractivity contribution in [1.82, 2.24) is 0 Å². The molecule has 1 saturated carbocycles. The van der Waals surface area contributed by atoms with E-state index in [2.05, 4.69) is 34.1 Å². The van der Waals surface area contributed by atoms with Crippen molar-refractivity contribution in [1.29, 1.82) is 0 Å². The summed E-state index contributed by atoms with van der Waals surface area (Å²) in [6.45, 7) is 1.50.